The predicted molar refractivity (Wildman–Crippen MR) is 328 cm³/mol. The molecular formula is C76H58N2O2. The third-order valence-corrected chi connectivity index (χ3v) is 18.0. The van der Waals surface area contributed by atoms with Crippen LogP contribution in [0.4, 0.5) is 17.1 Å². The minimum atomic E-state index is -0.724. The molecule has 0 N–H and O–H groups in total. The Kier molecular flexibility index (Phi) is 9.68. The molecule has 1 aromatic heterocycles. The van der Waals surface area contributed by atoms with Crippen molar-refractivity contribution in [3.8, 4) is 50.9 Å². The van der Waals surface area contributed by atoms with Crippen molar-refractivity contribution < 1.29 is 9.47 Å². The number of anilines is 3. The number of ether oxygens (including phenoxy) is 2. The van der Waals surface area contributed by atoms with Crippen LogP contribution >= 0.6 is 0 Å². The van der Waals surface area contributed by atoms with Crippen molar-refractivity contribution >= 4 is 38.9 Å². The van der Waals surface area contributed by atoms with Gasteiger partial charge in [-0.1, -0.05) is 217 Å². The van der Waals surface area contributed by atoms with E-state index in [1.807, 2.05) is 0 Å². The molecule has 0 bridgehead atoms. The molecule has 11 aromatic carbocycles. The summed E-state index contributed by atoms with van der Waals surface area (Å²) in [7, 11) is 0. The van der Waals surface area contributed by atoms with Gasteiger partial charge in [0, 0.05) is 50.1 Å². The molecule has 4 heteroatoms. The molecule has 2 spiro atoms. The summed E-state index contributed by atoms with van der Waals surface area (Å²) in [6, 6.07) is 90.2. The third-order valence-electron chi connectivity index (χ3n) is 18.0. The molecule has 0 atom stereocenters. The number of nitrogens with zero attached hydrogens (tertiary/aromatic N) is 2. The van der Waals surface area contributed by atoms with Gasteiger partial charge in [0.25, 0.3) is 0 Å². The molecule has 0 saturated carbocycles. The van der Waals surface area contributed by atoms with Crippen molar-refractivity contribution in [2.24, 2.45) is 0 Å². The topological polar surface area (TPSA) is 26.6 Å². The second-order valence-electron chi connectivity index (χ2n) is 24.4. The first-order valence-electron chi connectivity index (χ1n) is 28.2. The smallest absolute Gasteiger partial charge is 0.156 e. The fraction of sp³-hybridized carbons (Fsp3) is 0.132. The van der Waals surface area contributed by atoms with E-state index in [9.17, 15) is 0 Å². The Balaban J connectivity index is 1.01. The monoisotopic (exact) mass is 1030 g/mol. The van der Waals surface area contributed by atoms with Crippen molar-refractivity contribution in [3.05, 3.63) is 298 Å². The molecule has 3 heterocycles. The molecule has 2 aliphatic heterocycles. The van der Waals surface area contributed by atoms with Crippen LogP contribution in [0, 0.1) is 0 Å². The van der Waals surface area contributed by atoms with E-state index in [2.05, 4.69) is 294 Å². The first kappa shape index (κ1) is 46.7. The van der Waals surface area contributed by atoms with Crippen LogP contribution in [0.2, 0.25) is 0 Å². The largest absolute Gasteiger partial charge is 0.457 e. The van der Waals surface area contributed by atoms with Crippen molar-refractivity contribution in [1.29, 1.82) is 0 Å². The molecular weight excluding hydrogens is 973 g/mol. The average Bonchev–Trinajstić information content (AvgIpc) is 2.63. The van der Waals surface area contributed by atoms with Gasteiger partial charge < -0.3 is 18.9 Å². The average molecular weight is 1030 g/mol. The zero-order valence-corrected chi connectivity index (χ0v) is 45.8. The van der Waals surface area contributed by atoms with Crippen LogP contribution in [0.3, 0.4) is 0 Å². The fourth-order valence-corrected chi connectivity index (χ4v) is 14.4. The van der Waals surface area contributed by atoms with Crippen molar-refractivity contribution in [3.63, 3.8) is 0 Å². The van der Waals surface area contributed by atoms with Crippen LogP contribution in [-0.2, 0) is 21.7 Å². The number of aromatic nitrogens is 1. The maximum atomic E-state index is 7.64. The molecule has 384 valence electrons. The van der Waals surface area contributed by atoms with E-state index in [1.165, 1.54) is 66.4 Å². The van der Waals surface area contributed by atoms with Crippen LogP contribution in [0.15, 0.2) is 243 Å². The summed E-state index contributed by atoms with van der Waals surface area (Å²) < 4.78 is 17.1. The Morgan fingerprint density at radius 1 is 0.338 bits per heavy atom. The van der Waals surface area contributed by atoms with E-state index >= 15 is 0 Å². The van der Waals surface area contributed by atoms with Gasteiger partial charge in [0.2, 0.25) is 0 Å². The predicted octanol–water partition coefficient (Wildman–Crippen LogP) is 19.8. The number of fused-ring (bicyclic) bond motifs is 21. The molecule has 12 aromatic rings. The lowest BCUT2D eigenvalue weighted by Crippen LogP contribution is -2.33. The summed E-state index contributed by atoms with van der Waals surface area (Å²) in [4.78, 5) is 2.45. The molecule has 0 radical (unpaired) electrons. The first-order chi connectivity index (χ1) is 38.9. The van der Waals surface area contributed by atoms with Gasteiger partial charge in [0.15, 0.2) is 5.75 Å². The first-order valence-corrected chi connectivity index (χ1v) is 28.2. The molecule has 4 aliphatic rings. The maximum absolute atomic E-state index is 7.64. The lowest BCUT2D eigenvalue weighted by atomic mass is 9.64. The van der Waals surface area contributed by atoms with Crippen LogP contribution in [0.5, 0.6) is 23.0 Å². The van der Waals surface area contributed by atoms with E-state index < -0.39 is 10.8 Å². The zero-order valence-electron chi connectivity index (χ0n) is 45.8. The normalized spacial score (nSPS) is 14.5. The second kappa shape index (κ2) is 16.6. The highest BCUT2D eigenvalue weighted by Gasteiger charge is 2.54. The molecule has 80 heavy (non-hydrogen) atoms. The van der Waals surface area contributed by atoms with Crippen molar-refractivity contribution in [2.75, 3.05) is 4.90 Å². The van der Waals surface area contributed by atoms with Crippen molar-refractivity contribution in [2.45, 2.75) is 63.2 Å². The van der Waals surface area contributed by atoms with E-state index in [0.29, 0.717) is 0 Å². The Morgan fingerprint density at radius 2 is 0.800 bits per heavy atom. The second-order valence-corrected chi connectivity index (χ2v) is 24.4. The molecule has 0 unspecified atom stereocenters. The lowest BCUT2D eigenvalue weighted by molar-refractivity contribution is 0.436. The number of para-hydroxylation sites is 5. The van der Waals surface area contributed by atoms with E-state index in [-0.39, 0.29) is 10.8 Å². The van der Waals surface area contributed by atoms with E-state index in [4.69, 9.17) is 9.47 Å². The minimum absolute atomic E-state index is 0.0938. The summed E-state index contributed by atoms with van der Waals surface area (Å²) in [5.41, 5.74) is 21.8. The van der Waals surface area contributed by atoms with Gasteiger partial charge in [0.05, 0.1) is 27.6 Å². The molecule has 16 rings (SSSR count). The molecule has 4 nitrogen and oxygen atoms in total. The number of hydrogen-bond acceptors (Lipinski definition) is 3. The summed E-state index contributed by atoms with van der Waals surface area (Å²) in [6.07, 6.45) is 0. The number of benzene rings is 11. The molecule has 0 fully saturated rings. The maximum Gasteiger partial charge on any atom is 0.156 e. The van der Waals surface area contributed by atoms with E-state index in [0.717, 1.165) is 79.0 Å². The third kappa shape index (κ3) is 6.27. The quantitative estimate of drug-likeness (QED) is 0.176. The van der Waals surface area contributed by atoms with Crippen LogP contribution < -0.4 is 14.4 Å². The van der Waals surface area contributed by atoms with Crippen LogP contribution in [0.25, 0.3) is 49.7 Å². The lowest BCUT2D eigenvalue weighted by Gasteiger charge is -2.42. The fourth-order valence-electron chi connectivity index (χ4n) is 14.4. The van der Waals surface area contributed by atoms with Gasteiger partial charge in [-0.2, -0.15) is 0 Å². The summed E-state index contributed by atoms with van der Waals surface area (Å²) in [5.74, 6) is 3.37. The Hall–Kier alpha value is -9.38. The van der Waals surface area contributed by atoms with Crippen LogP contribution in [0.1, 0.15) is 97.2 Å². The Bertz CT molecular complexity index is 4440. The SMILES string of the molecule is CC(C)(C)c1ccc2c(c1)C1(c3ccccc3Oc3c(N(c4cccc(-n5c6ccccc6c6ccccc65)c4)c4ccc5c(c4)C4(c6ccccc6O5)c5ccccc5-c5ccccc54)cccc31)c1cc(C(C)(C)C)ccc1-2. The Morgan fingerprint density at radius 3 is 1.40 bits per heavy atom. The van der Waals surface area contributed by atoms with Crippen LogP contribution in [-0.4, -0.2) is 4.57 Å². The molecule has 2 aliphatic carbocycles. The van der Waals surface area contributed by atoms with Gasteiger partial charge in [-0.3, -0.25) is 0 Å². The highest BCUT2D eigenvalue weighted by atomic mass is 16.5. The standard InChI is InChI=1S/C76H58N2O2/c1-73(2,3)47-37-40-54-55-41-38-48(74(4,5)6)44-64(55)76(63(54)43-47)61-30-14-18-36-70(61)80-72-62(76)31-20-34-68(72)77(49-21-19-22-50(45-49)78-66-32-15-9-25-56(66)57-26-10-16-33-67(57)78)51-39-42-71-65(46-51)75(60-29-13-17-35-69(60)79-71)58-27-11-7-23-52(58)53-24-8-12-28-59(53)75/h7-46H,1-6H3. The molecule has 0 saturated heterocycles. The van der Waals surface area contributed by atoms with Gasteiger partial charge in [-0.05, 0) is 133 Å². The zero-order chi connectivity index (χ0) is 53.9. The highest BCUT2D eigenvalue weighted by Crippen LogP contribution is 2.66. The van der Waals surface area contributed by atoms with Gasteiger partial charge in [-0.25, -0.2) is 0 Å². The summed E-state index contributed by atoms with van der Waals surface area (Å²) >= 11 is 0. The highest BCUT2D eigenvalue weighted by molar-refractivity contribution is 6.09. The number of hydrogen-bond donors (Lipinski definition) is 0. The summed E-state index contributed by atoms with van der Waals surface area (Å²) in [6.45, 7) is 14.0. The number of rotatable bonds is 4. The molecule has 0 amide bonds. The minimum Gasteiger partial charge on any atom is -0.457 e. The van der Waals surface area contributed by atoms with Gasteiger partial charge in [-0.15, -0.1) is 0 Å². The van der Waals surface area contributed by atoms with Gasteiger partial charge >= 0.3 is 0 Å². The van der Waals surface area contributed by atoms with E-state index in [1.54, 1.807) is 0 Å². The van der Waals surface area contributed by atoms with Gasteiger partial charge in [0.1, 0.15) is 17.2 Å². The van der Waals surface area contributed by atoms with Crippen molar-refractivity contribution in [1.82, 2.24) is 4.57 Å². The Labute approximate surface area is 467 Å². The summed E-state index contributed by atoms with van der Waals surface area (Å²) in [5, 5.41) is 2.44.